The van der Waals surface area contributed by atoms with Crippen molar-refractivity contribution in [1.29, 1.82) is 0 Å². The highest BCUT2D eigenvalue weighted by Crippen LogP contribution is 2.29. The summed E-state index contributed by atoms with van der Waals surface area (Å²) in [6.07, 6.45) is 0.574. The van der Waals surface area contributed by atoms with Crippen LogP contribution >= 0.6 is 23.2 Å². The normalized spacial score (nSPS) is 19.3. The van der Waals surface area contributed by atoms with Gasteiger partial charge in [0.05, 0.1) is 22.5 Å². The van der Waals surface area contributed by atoms with Crippen molar-refractivity contribution >= 4 is 35.2 Å². The van der Waals surface area contributed by atoms with Crippen molar-refractivity contribution in [1.82, 2.24) is 15.5 Å². The minimum atomic E-state index is -1.02. The smallest absolute Gasteiger partial charge is 0.404 e. The van der Waals surface area contributed by atoms with E-state index in [2.05, 4.69) is 10.6 Å². The van der Waals surface area contributed by atoms with Crippen molar-refractivity contribution in [3.8, 4) is 0 Å². The molecule has 0 spiro atoms. The number of nitrogens with one attached hydrogen (secondary N) is 2. The van der Waals surface area contributed by atoms with Gasteiger partial charge in [-0.2, -0.15) is 0 Å². The third-order valence-corrected chi connectivity index (χ3v) is 6.18. The number of rotatable bonds is 7. The summed E-state index contributed by atoms with van der Waals surface area (Å²) in [6, 6.07) is 14.9. The molecule has 2 aromatic carbocycles. The zero-order valence-corrected chi connectivity index (χ0v) is 18.2. The molecule has 6 nitrogen and oxygen atoms in total. The number of hydrogen-bond acceptors (Lipinski definition) is 3. The third-order valence-electron chi connectivity index (χ3n) is 5.44. The average Bonchev–Trinajstić information content (AvgIpc) is 3.15. The van der Waals surface area contributed by atoms with Crippen LogP contribution in [0.2, 0.25) is 10.0 Å². The fourth-order valence-corrected chi connectivity index (χ4v) is 4.19. The van der Waals surface area contributed by atoms with Crippen molar-refractivity contribution < 1.29 is 14.7 Å². The van der Waals surface area contributed by atoms with Gasteiger partial charge in [-0.3, -0.25) is 4.79 Å². The van der Waals surface area contributed by atoms with E-state index >= 15 is 0 Å². The molecular weight excluding hydrogens is 425 g/mol. The predicted molar refractivity (Wildman–Crippen MR) is 118 cm³/mol. The Morgan fingerprint density at radius 3 is 2.60 bits per heavy atom. The van der Waals surface area contributed by atoms with E-state index in [4.69, 9.17) is 28.3 Å². The van der Waals surface area contributed by atoms with Gasteiger partial charge < -0.3 is 20.6 Å². The number of likely N-dealkylation sites (N-methyl/N-ethyl adjacent to an activating group) is 1. The molecule has 8 heteroatoms. The molecule has 3 unspecified atom stereocenters. The number of amides is 2. The van der Waals surface area contributed by atoms with Crippen molar-refractivity contribution in [2.24, 2.45) is 0 Å². The van der Waals surface area contributed by atoms with Crippen molar-refractivity contribution in [2.45, 2.75) is 37.4 Å². The molecule has 0 aliphatic carbocycles. The molecule has 3 atom stereocenters. The first-order valence-electron chi connectivity index (χ1n) is 9.81. The van der Waals surface area contributed by atoms with Crippen LogP contribution in [0.5, 0.6) is 0 Å². The second kappa shape index (κ2) is 10.2. The first kappa shape index (κ1) is 22.4. The Morgan fingerprint density at radius 2 is 1.93 bits per heavy atom. The van der Waals surface area contributed by atoms with Gasteiger partial charge in [0.15, 0.2) is 0 Å². The highest BCUT2D eigenvalue weighted by molar-refractivity contribution is 6.42. The fourth-order valence-electron chi connectivity index (χ4n) is 3.87. The Labute approximate surface area is 186 Å². The maximum Gasteiger partial charge on any atom is 0.404 e. The molecule has 1 fully saturated rings. The number of carbonyl (C=O) groups is 2. The van der Waals surface area contributed by atoms with Crippen LogP contribution in [-0.2, 0) is 11.2 Å². The molecular formula is C22H25Cl2N3O3. The Morgan fingerprint density at radius 1 is 1.20 bits per heavy atom. The molecule has 0 aromatic heterocycles. The number of hydrogen-bond donors (Lipinski definition) is 3. The summed E-state index contributed by atoms with van der Waals surface area (Å²) in [5.74, 6) is -0.0274. The summed E-state index contributed by atoms with van der Waals surface area (Å²) in [7, 11) is 1.81. The average molecular weight is 450 g/mol. The molecule has 30 heavy (non-hydrogen) atoms. The van der Waals surface area contributed by atoms with Crippen LogP contribution in [0.4, 0.5) is 4.79 Å². The van der Waals surface area contributed by atoms with E-state index in [9.17, 15) is 9.59 Å². The Hall–Kier alpha value is -2.28. The Bertz CT molecular complexity index is 894. The molecule has 160 valence electrons. The van der Waals surface area contributed by atoms with E-state index in [1.54, 1.807) is 30.1 Å². The largest absolute Gasteiger partial charge is 0.465 e. The SMILES string of the molecule is CN(C(=O)Cc1ccc(Cl)c(Cl)c1)C(CC1CC(NC(=O)O)CN1)c1ccccc1. The number of benzene rings is 2. The van der Waals surface area contributed by atoms with E-state index in [-0.39, 0.29) is 30.5 Å². The summed E-state index contributed by atoms with van der Waals surface area (Å²) in [5, 5.41) is 15.7. The number of nitrogens with zero attached hydrogens (tertiary/aromatic N) is 1. The summed E-state index contributed by atoms with van der Waals surface area (Å²) in [6.45, 7) is 0.583. The van der Waals surface area contributed by atoms with Gasteiger partial charge in [0.1, 0.15) is 0 Å². The molecule has 1 aliphatic rings. The van der Waals surface area contributed by atoms with Gasteiger partial charge in [0.2, 0.25) is 5.91 Å². The van der Waals surface area contributed by atoms with Gasteiger partial charge in [-0.25, -0.2) is 4.79 Å². The van der Waals surface area contributed by atoms with Crippen LogP contribution in [0.25, 0.3) is 0 Å². The van der Waals surface area contributed by atoms with Crippen molar-refractivity contribution in [3.63, 3.8) is 0 Å². The molecule has 2 amide bonds. The monoisotopic (exact) mass is 449 g/mol. The topological polar surface area (TPSA) is 81.7 Å². The zero-order chi connectivity index (χ0) is 21.7. The van der Waals surface area contributed by atoms with E-state index in [1.807, 2.05) is 30.3 Å². The third kappa shape index (κ3) is 5.88. The minimum absolute atomic E-state index is 0.0274. The molecule has 0 radical (unpaired) electrons. The number of carbonyl (C=O) groups excluding carboxylic acids is 1. The molecule has 2 aromatic rings. The zero-order valence-electron chi connectivity index (χ0n) is 16.6. The lowest BCUT2D eigenvalue weighted by molar-refractivity contribution is -0.131. The van der Waals surface area contributed by atoms with Crippen LogP contribution in [0.15, 0.2) is 48.5 Å². The lowest BCUT2D eigenvalue weighted by Gasteiger charge is -2.31. The van der Waals surface area contributed by atoms with Crippen LogP contribution < -0.4 is 10.6 Å². The quantitative estimate of drug-likeness (QED) is 0.593. The second-order valence-electron chi connectivity index (χ2n) is 7.58. The fraction of sp³-hybridized carbons (Fsp3) is 0.364. The van der Waals surface area contributed by atoms with E-state index in [0.29, 0.717) is 29.4 Å². The summed E-state index contributed by atoms with van der Waals surface area (Å²) in [5.41, 5.74) is 1.84. The van der Waals surface area contributed by atoms with Crippen LogP contribution in [0, 0.1) is 0 Å². The molecule has 0 bridgehead atoms. The van der Waals surface area contributed by atoms with Crippen molar-refractivity contribution in [3.05, 3.63) is 69.7 Å². The lowest BCUT2D eigenvalue weighted by Crippen LogP contribution is -2.36. The molecule has 3 N–H and O–H groups in total. The standard InChI is InChI=1S/C22H25Cl2N3O3/c1-27(21(28)10-14-7-8-18(23)19(24)9-14)20(15-5-3-2-4-6-15)12-16-11-17(13-25-16)26-22(29)30/h2-9,16-17,20,25-26H,10-13H2,1H3,(H,29,30). The summed E-state index contributed by atoms with van der Waals surface area (Å²) < 4.78 is 0. The first-order chi connectivity index (χ1) is 14.3. The lowest BCUT2D eigenvalue weighted by atomic mass is 9.96. The highest BCUT2D eigenvalue weighted by atomic mass is 35.5. The van der Waals surface area contributed by atoms with Gasteiger partial charge in [-0.05, 0) is 36.1 Å². The van der Waals surface area contributed by atoms with Crippen LogP contribution in [0.3, 0.4) is 0 Å². The Balaban J connectivity index is 1.72. The van der Waals surface area contributed by atoms with Gasteiger partial charge >= 0.3 is 6.09 Å². The molecule has 3 rings (SSSR count). The highest BCUT2D eigenvalue weighted by Gasteiger charge is 2.30. The van der Waals surface area contributed by atoms with E-state index in [0.717, 1.165) is 11.1 Å². The van der Waals surface area contributed by atoms with Crippen LogP contribution in [-0.4, -0.2) is 47.7 Å². The second-order valence-corrected chi connectivity index (χ2v) is 8.39. The Kier molecular flexibility index (Phi) is 7.58. The van der Waals surface area contributed by atoms with Crippen LogP contribution in [0.1, 0.15) is 30.0 Å². The maximum absolute atomic E-state index is 13.0. The van der Waals surface area contributed by atoms with E-state index in [1.165, 1.54) is 0 Å². The maximum atomic E-state index is 13.0. The summed E-state index contributed by atoms with van der Waals surface area (Å²) >= 11 is 12.1. The van der Waals surface area contributed by atoms with Gasteiger partial charge in [-0.1, -0.05) is 59.6 Å². The molecule has 1 aliphatic heterocycles. The summed E-state index contributed by atoms with van der Waals surface area (Å²) in [4.78, 5) is 25.7. The molecule has 0 saturated carbocycles. The number of halogens is 2. The number of carboxylic acid groups (broad SMARTS) is 1. The minimum Gasteiger partial charge on any atom is -0.465 e. The molecule has 1 saturated heterocycles. The predicted octanol–water partition coefficient (Wildman–Crippen LogP) is 4.12. The van der Waals surface area contributed by atoms with Gasteiger partial charge in [0, 0.05) is 25.7 Å². The van der Waals surface area contributed by atoms with Crippen molar-refractivity contribution in [2.75, 3.05) is 13.6 Å². The first-order valence-corrected chi connectivity index (χ1v) is 10.6. The molecule has 1 heterocycles. The van der Waals surface area contributed by atoms with E-state index < -0.39 is 6.09 Å². The van der Waals surface area contributed by atoms with Gasteiger partial charge in [-0.15, -0.1) is 0 Å². The van der Waals surface area contributed by atoms with Gasteiger partial charge in [0.25, 0.3) is 0 Å².